The van der Waals surface area contributed by atoms with Gasteiger partial charge < -0.3 is 61.4 Å². The molecule has 0 bridgehead atoms. The van der Waals surface area contributed by atoms with E-state index in [0.29, 0.717) is 6.42 Å². The number of aliphatic carboxylic acids is 1. The zero-order chi connectivity index (χ0) is 41.9. The van der Waals surface area contributed by atoms with E-state index in [1.807, 2.05) is 4.98 Å². The Balaban J connectivity index is 1.55. The predicted octanol–water partition coefficient (Wildman–Crippen LogP) is -0.518. The van der Waals surface area contributed by atoms with Crippen molar-refractivity contribution >= 4 is 17.8 Å². The predicted molar refractivity (Wildman–Crippen MR) is 207 cm³/mol. The Morgan fingerprint density at radius 3 is 2.02 bits per heavy atom. The Hall–Kier alpha value is -3.27. The zero-order valence-corrected chi connectivity index (χ0v) is 33.3. The first kappa shape index (κ1) is 48.1. The summed E-state index contributed by atoms with van der Waals surface area (Å²) in [5.41, 5.74) is 3.92. The van der Waals surface area contributed by atoms with Gasteiger partial charge in [0.2, 0.25) is 11.8 Å². The summed E-state index contributed by atoms with van der Waals surface area (Å²) in [6.07, 6.45) is 2.64. The number of aliphatic hydroxyl groups excluding tert-OH is 4. The molecule has 57 heavy (non-hydrogen) atoms. The first-order valence-electron chi connectivity index (χ1n) is 20.5. The number of amides is 2. The van der Waals surface area contributed by atoms with Crippen molar-refractivity contribution in [1.29, 1.82) is 0 Å². The van der Waals surface area contributed by atoms with Gasteiger partial charge in [-0.3, -0.25) is 28.7 Å². The average molecular weight is 815 g/mol. The topological polar surface area (TPSA) is 297 Å². The third-order valence-corrected chi connectivity index (χ3v) is 10.5. The van der Waals surface area contributed by atoms with Gasteiger partial charge in [0.1, 0.15) is 54.8 Å². The Morgan fingerprint density at radius 2 is 1.47 bits per heavy atom. The highest BCUT2D eigenvalue weighted by atomic mass is 16.7. The third kappa shape index (κ3) is 15.1. The molecule has 11 atom stereocenters. The first-order valence-corrected chi connectivity index (χ1v) is 20.5. The molecule has 19 heteroatoms. The number of carbonyl (C=O) groups is 3. The van der Waals surface area contributed by atoms with Gasteiger partial charge in [0.25, 0.3) is 5.56 Å². The van der Waals surface area contributed by atoms with Gasteiger partial charge in [-0.2, -0.15) is 0 Å². The number of aromatic nitrogens is 2. The summed E-state index contributed by atoms with van der Waals surface area (Å²) in [7, 11) is 0. The van der Waals surface area contributed by atoms with Crippen LogP contribution in [0.15, 0.2) is 21.9 Å². The van der Waals surface area contributed by atoms with Crippen LogP contribution in [0.1, 0.15) is 116 Å². The molecule has 0 aromatic carbocycles. The van der Waals surface area contributed by atoms with E-state index in [1.54, 1.807) is 0 Å². The van der Waals surface area contributed by atoms with E-state index in [0.717, 1.165) is 42.5 Å². The number of aromatic amines is 1. The number of carbonyl (C=O) groups excluding carboxylic acids is 2. The summed E-state index contributed by atoms with van der Waals surface area (Å²) >= 11 is 0. The van der Waals surface area contributed by atoms with Crippen molar-refractivity contribution in [2.45, 2.75) is 177 Å². The van der Waals surface area contributed by atoms with Gasteiger partial charge in [0.05, 0.1) is 0 Å². The minimum absolute atomic E-state index is 0.0307. The van der Waals surface area contributed by atoms with Crippen LogP contribution in [0.5, 0.6) is 0 Å². The number of unbranched alkanes of at least 4 members (excludes halogenated alkanes) is 12. The van der Waals surface area contributed by atoms with E-state index in [4.69, 9.17) is 19.9 Å². The highest BCUT2D eigenvalue weighted by molar-refractivity contribution is 5.86. The highest BCUT2D eigenvalue weighted by Crippen LogP contribution is 2.34. The van der Waals surface area contributed by atoms with Crippen molar-refractivity contribution in [3.05, 3.63) is 33.1 Å². The first-order chi connectivity index (χ1) is 27.3. The van der Waals surface area contributed by atoms with Gasteiger partial charge in [-0.25, -0.2) is 4.79 Å². The lowest BCUT2D eigenvalue weighted by atomic mass is 9.98. The fraction of sp³-hybridized carbons (Fsp3) is 0.816. The number of nitrogens with two attached hydrogens (primary N) is 1. The number of ether oxygens (including phenoxy) is 3. The zero-order valence-electron chi connectivity index (χ0n) is 33.3. The lowest BCUT2D eigenvalue weighted by molar-refractivity contribution is -0.228. The van der Waals surface area contributed by atoms with Crippen LogP contribution < -0.4 is 32.9 Å². The monoisotopic (exact) mass is 814 g/mol. The smallest absolute Gasteiger partial charge is 0.330 e. The summed E-state index contributed by atoms with van der Waals surface area (Å²) in [4.78, 5) is 63.7. The van der Waals surface area contributed by atoms with Crippen LogP contribution >= 0.6 is 0 Å². The average Bonchev–Trinajstić information content (AvgIpc) is 3.61. The summed E-state index contributed by atoms with van der Waals surface area (Å²) in [6.45, 7) is 3.43. The number of hydrogen-bond donors (Lipinski definition) is 10. The molecule has 1 aromatic heterocycles. The van der Waals surface area contributed by atoms with Crippen LogP contribution in [0, 0.1) is 0 Å². The van der Waals surface area contributed by atoms with E-state index in [-0.39, 0.29) is 37.9 Å². The maximum Gasteiger partial charge on any atom is 0.330 e. The van der Waals surface area contributed by atoms with Crippen molar-refractivity contribution in [3.8, 4) is 0 Å². The van der Waals surface area contributed by atoms with Gasteiger partial charge in [-0.1, -0.05) is 90.4 Å². The second kappa shape index (κ2) is 25.3. The molecule has 0 radical (unpaired) electrons. The Kier molecular flexibility index (Phi) is 21.3. The fourth-order valence-electron chi connectivity index (χ4n) is 7.24. The SMILES string of the molecule is CCCCCCCCCCCCCCC[C@H](NC(C)=O)C(=O)NCCCN[C@H](C(=O)O)[C@H](O[C@@H]1O[C@H](CN)[C@@H](O)[C@H]1O)[C@H]1O[C@@H](n2ccc(=O)[nH]c2=O)[C@H](O)[C@@H]1O. The molecule has 2 amide bonds. The molecule has 0 aliphatic carbocycles. The number of H-pyrrole nitrogens is 1. The standard InChI is InChI=1S/C38H66N6O13/c1-3-4-5-6-7-8-9-10-11-12-13-14-15-17-24(42-23(2)45)34(51)41-20-16-19-40-27(36(52)53)32(57-37-31(50)28(47)25(22-39)55-37)33-29(48)30(49)35(56-33)44-21-18-26(46)43-38(44)54/h18,21,24-25,27-33,35,37,40,47-50H,3-17,19-20,22,39H2,1-2H3,(H,41,51)(H,42,45)(H,52,53)(H,43,46,54)/t24-,25+,27-,28+,29-,30+,31+,32-,33-,35+,37-/m0/s1. The molecule has 0 spiro atoms. The molecular weight excluding hydrogens is 748 g/mol. The van der Waals surface area contributed by atoms with Crippen molar-refractivity contribution in [3.63, 3.8) is 0 Å². The maximum absolute atomic E-state index is 13.0. The van der Waals surface area contributed by atoms with Crippen LogP contribution in [0.4, 0.5) is 0 Å². The van der Waals surface area contributed by atoms with Crippen LogP contribution in [0.25, 0.3) is 0 Å². The molecule has 0 saturated carbocycles. The quantitative estimate of drug-likeness (QED) is 0.0477. The Labute approximate surface area is 333 Å². The number of hydrogen-bond acceptors (Lipinski definition) is 14. The number of aliphatic hydroxyl groups is 4. The summed E-state index contributed by atoms with van der Waals surface area (Å²) in [5, 5.41) is 61.5. The second-order valence-corrected chi connectivity index (χ2v) is 15.0. The van der Waals surface area contributed by atoms with Gasteiger partial charge in [-0.05, 0) is 19.4 Å². The van der Waals surface area contributed by atoms with Gasteiger partial charge in [0, 0.05) is 32.3 Å². The van der Waals surface area contributed by atoms with Crippen LogP contribution in [0.3, 0.4) is 0 Å². The molecule has 1 aromatic rings. The van der Waals surface area contributed by atoms with E-state index in [9.17, 15) is 49.5 Å². The van der Waals surface area contributed by atoms with Gasteiger partial charge >= 0.3 is 11.7 Å². The molecule has 2 saturated heterocycles. The molecule has 0 unspecified atom stereocenters. The molecule has 3 rings (SSSR count). The maximum atomic E-state index is 13.0. The van der Waals surface area contributed by atoms with Gasteiger partial charge in [0.15, 0.2) is 12.5 Å². The molecule has 3 heterocycles. The van der Waals surface area contributed by atoms with Crippen molar-refractivity contribution in [2.24, 2.45) is 5.73 Å². The van der Waals surface area contributed by atoms with Crippen molar-refractivity contribution < 1.29 is 54.1 Å². The lowest BCUT2D eigenvalue weighted by Crippen LogP contribution is -2.57. The molecule has 2 fully saturated rings. The molecular formula is C38H66N6O13. The lowest BCUT2D eigenvalue weighted by Gasteiger charge is -2.33. The van der Waals surface area contributed by atoms with E-state index in [2.05, 4.69) is 22.9 Å². The molecule has 326 valence electrons. The van der Waals surface area contributed by atoms with Crippen LogP contribution in [0.2, 0.25) is 0 Å². The van der Waals surface area contributed by atoms with Crippen LogP contribution in [-0.4, -0.2) is 134 Å². The summed E-state index contributed by atoms with van der Waals surface area (Å²) < 4.78 is 18.0. The molecule has 11 N–H and O–H groups in total. The second-order valence-electron chi connectivity index (χ2n) is 15.0. The Morgan fingerprint density at radius 1 is 0.860 bits per heavy atom. The van der Waals surface area contributed by atoms with Crippen LogP contribution in [-0.2, 0) is 28.6 Å². The summed E-state index contributed by atoms with van der Waals surface area (Å²) in [5.74, 6) is -2.20. The number of carboxylic acids is 1. The Bertz CT molecular complexity index is 1480. The van der Waals surface area contributed by atoms with E-state index >= 15 is 0 Å². The van der Waals surface area contributed by atoms with E-state index < -0.39 is 84.5 Å². The fourth-order valence-corrected chi connectivity index (χ4v) is 7.24. The number of nitrogens with one attached hydrogen (secondary N) is 4. The largest absolute Gasteiger partial charge is 0.480 e. The third-order valence-electron chi connectivity index (χ3n) is 10.5. The van der Waals surface area contributed by atoms with Gasteiger partial charge in [-0.15, -0.1) is 0 Å². The normalized spacial score (nSPS) is 26.2. The molecule has 19 nitrogen and oxygen atoms in total. The number of nitrogens with zero attached hydrogens (tertiary/aromatic N) is 1. The van der Waals surface area contributed by atoms with Crippen molar-refractivity contribution in [1.82, 2.24) is 25.5 Å². The summed E-state index contributed by atoms with van der Waals surface area (Å²) in [6, 6.07) is -1.44. The molecule has 2 aliphatic rings. The van der Waals surface area contributed by atoms with Crippen molar-refractivity contribution in [2.75, 3.05) is 19.6 Å². The molecule has 2 aliphatic heterocycles. The number of rotatable bonds is 28. The van der Waals surface area contributed by atoms with E-state index in [1.165, 1.54) is 64.7 Å². The highest BCUT2D eigenvalue weighted by Gasteiger charge is 2.54. The minimum atomic E-state index is -1.85. The number of carboxylic acid groups (broad SMARTS) is 1. The minimum Gasteiger partial charge on any atom is -0.480 e.